The van der Waals surface area contributed by atoms with Crippen molar-refractivity contribution in [2.45, 2.75) is 19.1 Å². The van der Waals surface area contributed by atoms with Crippen LogP contribution < -0.4 is 16.0 Å². The van der Waals surface area contributed by atoms with Gasteiger partial charge >= 0.3 is 0 Å². The van der Waals surface area contributed by atoms with Crippen LogP contribution in [0.2, 0.25) is 0 Å². The largest absolute Gasteiger partial charge is 0.375 e. The maximum Gasteiger partial charge on any atom is 0.251 e. The molecule has 0 aromatic heterocycles. The average Bonchev–Trinajstić information content (AvgIpc) is 2.53. The third-order valence-corrected chi connectivity index (χ3v) is 3.35. The number of nitrogens with one attached hydrogen (secondary N) is 3. The van der Waals surface area contributed by atoms with Gasteiger partial charge in [-0.15, -0.1) is 0 Å². The van der Waals surface area contributed by atoms with Crippen molar-refractivity contribution in [2.75, 3.05) is 26.7 Å². The van der Waals surface area contributed by atoms with Gasteiger partial charge in [0.05, 0.1) is 19.1 Å². The van der Waals surface area contributed by atoms with Crippen LogP contribution in [0.25, 0.3) is 0 Å². The maximum atomic E-state index is 11.8. The quantitative estimate of drug-likeness (QED) is 0.716. The standard InChI is InChI=1S/C15H21N3O3/c1-16-15(20)12-4-2-11(3-5-12)9-18-14(19)8-13-10-17-6-7-21-13/h2-5,13,17H,6-10H2,1H3,(H,16,20)(H,18,19). The summed E-state index contributed by atoms with van der Waals surface area (Å²) in [6.45, 7) is 2.66. The van der Waals surface area contributed by atoms with E-state index in [1.165, 1.54) is 0 Å². The number of carbonyl (C=O) groups excluding carboxylic acids is 2. The summed E-state index contributed by atoms with van der Waals surface area (Å²) in [6.07, 6.45) is 0.318. The molecule has 3 N–H and O–H groups in total. The van der Waals surface area contributed by atoms with Gasteiger partial charge < -0.3 is 20.7 Å². The molecule has 1 saturated heterocycles. The van der Waals surface area contributed by atoms with E-state index in [2.05, 4.69) is 16.0 Å². The summed E-state index contributed by atoms with van der Waals surface area (Å²) in [6, 6.07) is 7.16. The van der Waals surface area contributed by atoms with Crippen LogP contribution in [0.3, 0.4) is 0 Å². The van der Waals surface area contributed by atoms with Crippen molar-refractivity contribution in [1.82, 2.24) is 16.0 Å². The molecule has 1 fully saturated rings. The Morgan fingerprint density at radius 2 is 2.10 bits per heavy atom. The van der Waals surface area contributed by atoms with Crippen LogP contribution in [0.4, 0.5) is 0 Å². The van der Waals surface area contributed by atoms with Crippen LogP contribution in [0, 0.1) is 0 Å². The van der Waals surface area contributed by atoms with E-state index >= 15 is 0 Å². The maximum absolute atomic E-state index is 11.8. The highest BCUT2D eigenvalue weighted by atomic mass is 16.5. The first kappa shape index (κ1) is 15.5. The molecule has 1 aromatic rings. The van der Waals surface area contributed by atoms with Crippen molar-refractivity contribution in [3.05, 3.63) is 35.4 Å². The smallest absolute Gasteiger partial charge is 0.251 e. The summed E-state index contributed by atoms with van der Waals surface area (Å²) in [7, 11) is 1.60. The number of benzene rings is 1. The molecule has 114 valence electrons. The van der Waals surface area contributed by atoms with Gasteiger partial charge in [0.25, 0.3) is 5.91 Å². The highest BCUT2D eigenvalue weighted by Crippen LogP contribution is 2.05. The highest BCUT2D eigenvalue weighted by molar-refractivity contribution is 5.93. The molecule has 0 saturated carbocycles. The fourth-order valence-electron chi connectivity index (χ4n) is 2.15. The number of morpholine rings is 1. The van der Waals surface area contributed by atoms with Crippen molar-refractivity contribution >= 4 is 11.8 Å². The van der Waals surface area contributed by atoms with E-state index in [1.807, 2.05) is 12.1 Å². The van der Waals surface area contributed by atoms with Crippen LogP contribution in [0.15, 0.2) is 24.3 Å². The number of ether oxygens (including phenoxy) is 1. The molecule has 0 spiro atoms. The SMILES string of the molecule is CNC(=O)c1ccc(CNC(=O)CC2CNCCO2)cc1. The van der Waals surface area contributed by atoms with Gasteiger partial charge in [0.1, 0.15) is 0 Å². The van der Waals surface area contributed by atoms with E-state index in [9.17, 15) is 9.59 Å². The van der Waals surface area contributed by atoms with E-state index in [-0.39, 0.29) is 17.9 Å². The topological polar surface area (TPSA) is 79.5 Å². The average molecular weight is 291 g/mol. The lowest BCUT2D eigenvalue weighted by Gasteiger charge is -2.23. The monoisotopic (exact) mass is 291 g/mol. The Hall–Kier alpha value is -1.92. The summed E-state index contributed by atoms with van der Waals surface area (Å²) in [4.78, 5) is 23.2. The molecule has 21 heavy (non-hydrogen) atoms. The zero-order valence-electron chi connectivity index (χ0n) is 12.1. The Morgan fingerprint density at radius 3 is 2.71 bits per heavy atom. The number of amides is 2. The van der Waals surface area contributed by atoms with Gasteiger partial charge in [-0.1, -0.05) is 12.1 Å². The van der Waals surface area contributed by atoms with Crippen LogP contribution in [0.5, 0.6) is 0 Å². The Kier molecular flexibility index (Phi) is 5.71. The first-order chi connectivity index (χ1) is 10.2. The van der Waals surface area contributed by atoms with Gasteiger partial charge in [-0.2, -0.15) is 0 Å². The van der Waals surface area contributed by atoms with Gasteiger partial charge in [-0.3, -0.25) is 9.59 Å². The van der Waals surface area contributed by atoms with Gasteiger partial charge in [0, 0.05) is 32.2 Å². The predicted octanol–water partition coefficient (Wildman–Crippen LogP) is 0.0409. The zero-order chi connectivity index (χ0) is 15.1. The Morgan fingerprint density at radius 1 is 1.33 bits per heavy atom. The Labute approximate surface area is 124 Å². The van der Waals surface area contributed by atoms with Gasteiger partial charge in [0.15, 0.2) is 0 Å². The van der Waals surface area contributed by atoms with Crippen LogP contribution in [-0.2, 0) is 16.1 Å². The molecule has 1 unspecified atom stereocenters. The minimum Gasteiger partial charge on any atom is -0.375 e. The third kappa shape index (κ3) is 4.84. The molecule has 0 bridgehead atoms. The minimum atomic E-state index is -0.118. The normalized spacial score (nSPS) is 18.0. The van der Waals surface area contributed by atoms with E-state index in [1.54, 1.807) is 19.2 Å². The molecule has 6 heteroatoms. The third-order valence-electron chi connectivity index (χ3n) is 3.35. The van der Waals surface area contributed by atoms with Crippen molar-refractivity contribution < 1.29 is 14.3 Å². The van der Waals surface area contributed by atoms with Crippen molar-refractivity contribution in [3.8, 4) is 0 Å². The van der Waals surface area contributed by atoms with Crippen LogP contribution in [0.1, 0.15) is 22.3 Å². The molecule has 1 aromatic carbocycles. The fourth-order valence-corrected chi connectivity index (χ4v) is 2.15. The zero-order valence-corrected chi connectivity index (χ0v) is 12.1. The molecule has 1 aliphatic heterocycles. The summed E-state index contributed by atoms with van der Waals surface area (Å²) in [5, 5.41) is 8.62. The summed E-state index contributed by atoms with van der Waals surface area (Å²) >= 11 is 0. The van der Waals surface area contributed by atoms with Gasteiger partial charge in [-0.05, 0) is 17.7 Å². The van der Waals surface area contributed by atoms with Crippen molar-refractivity contribution in [1.29, 1.82) is 0 Å². The molecule has 0 radical (unpaired) electrons. The van der Waals surface area contributed by atoms with Gasteiger partial charge in [0.2, 0.25) is 5.91 Å². The van der Waals surface area contributed by atoms with Crippen molar-refractivity contribution in [2.24, 2.45) is 0 Å². The van der Waals surface area contributed by atoms with E-state index in [0.29, 0.717) is 31.7 Å². The Balaban J connectivity index is 1.76. The lowest BCUT2D eigenvalue weighted by atomic mass is 10.1. The number of hydrogen-bond acceptors (Lipinski definition) is 4. The Bertz CT molecular complexity index is 481. The molecular weight excluding hydrogens is 270 g/mol. The van der Waals surface area contributed by atoms with E-state index in [0.717, 1.165) is 12.1 Å². The lowest BCUT2D eigenvalue weighted by molar-refractivity contribution is -0.124. The second kappa shape index (κ2) is 7.75. The molecular formula is C15H21N3O3. The molecule has 0 aliphatic carbocycles. The summed E-state index contributed by atoms with van der Waals surface area (Å²) in [5.74, 6) is -0.147. The minimum absolute atomic E-state index is 0.0286. The molecule has 2 amide bonds. The van der Waals surface area contributed by atoms with E-state index < -0.39 is 0 Å². The molecule has 1 atom stereocenters. The first-order valence-corrected chi connectivity index (χ1v) is 7.09. The summed E-state index contributed by atoms with van der Waals surface area (Å²) in [5.41, 5.74) is 1.56. The molecule has 1 heterocycles. The molecule has 6 nitrogen and oxygen atoms in total. The first-order valence-electron chi connectivity index (χ1n) is 7.09. The predicted molar refractivity (Wildman–Crippen MR) is 78.9 cm³/mol. The number of hydrogen-bond donors (Lipinski definition) is 3. The van der Waals surface area contributed by atoms with Gasteiger partial charge in [-0.25, -0.2) is 0 Å². The number of rotatable bonds is 5. The van der Waals surface area contributed by atoms with Crippen LogP contribution in [-0.4, -0.2) is 44.7 Å². The second-order valence-corrected chi connectivity index (χ2v) is 4.95. The van der Waals surface area contributed by atoms with E-state index in [4.69, 9.17) is 4.74 Å². The van der Waals surface area contributed by atoms with Crippen LogP contribution >= 0.6 is 0 Å². The summed E-state index contributed by atoms with van der Waals surface area (Å²) < 4.78 is 5.49. The molecule has 1 aliphatic rings. The van der Waals surface area contributed by atoms with Crippen molar-refractivity contribution in [3.63, 3.8) is 0 Å². The fraction of sp³-hybridized carbons (Fsp3) is 0.467. The second-order valence-electron chi connectivity index (χ2n) is 4.95. The lowest BCUT2D eigenvalue weighted by Crippen LogP contribution is -2.41. The highest BCUT2D eigenvalue weighted by Gasteiger charge is 2.16. The molecule has 2 rings (SSSR count). The number of carbonyl (C=O) groups is 2.